The van der Waals surface area contributed by atoms with Crippen LogP contribution in [0.5, 0.6) is 0 Å². The molecule has 1 atom stereocenters. The Balaban J connectivity index is 4.33. The average Bonchev–Trinajstić information content (AvgIpc) is 3.32. The van der Waals surface area contributed by atoms with Gasteiger partial charge in [0, 0.05) is 19.4 Å². The monoisotopic (exact) mass is 919 g/mol. The van der Waals surface area contributed by atoms with Crippen LogP contribution in [0.2, 0.25) is 0 Å². The second-order valence-electron chi connectivity index (χ2n) is 18.4. The molecule has 0 aliphatic heterocycles. The third-order valence-corrected chi connectivity index (χ3v) is 11.9. The molecule has 66 heavy (non-hydrogen) atoms. The van der Waals surface area contributed by atoms with Crippen LogP contribution in [0, 0.1) is 0 Å². The number of esters is 2. The van der Waals surface area contributed by atoms with Crippen LogP contribution < -0.4 is 0 Å². The molecular weight excluding hydrogens is 813 g/mol. The maximum atomic E-state index is 12.8. The highest BCUT2D eigenvalue weighted by molar-refractivity contribution is 5.70. The van der Waals surface area contributed by atoms with E-state index in [4.69, 9.17) is 14.2 Å². The van der Waals surface area contributed by atoms with E-state index in [9.17, 15) is 9.59 Å². The molecule has 0 fully saturated rings. The summed E-state index contributed by atoms with van der Waals surface area (Å²) < 4.78 is 17.4. The second kappa shape index (κ2) is 56.4. The summed E-state index contributed by atoms with van der Waals surface area (Å²) in [7, 11) is 0. The van der Waals surface area contributed by atoms with Crippen LogP contribution >= 0.6 is 0 Å². The number of unbranched alkanes of at least 4 members (excludes halogenated alkanes) is 26. The summed E-state index contributed by atoms with van der Waals surface area (Å²) in [5, 5.41) is 0. The zero-order valence-electron chi connectivity index (χ0n) is 43.7. The first-order chi connectivity index (χ1) is 32.6. The number of rotatable bonds is 51. The molecule has 0 saturated carbocycles. The largest absolute Gasteiger partial charge is 0.462 e. The summed E-state index contributed by atoms with van der Waals surface area (Å²) in [4.78, 5) is 25.4. The summed E-state index contributed by atoms with van der Waals surface area (Å²) in [6, 6.07) is 0. The predicted octanol–water partition coefficient (Wildman–Crippen LogP) is 19.2. The lowest BCUT2D eigenvalue weighted by Crippen LogP contribution is -2.30. The first-order valence-electron chi connectivity index (χ1n) is 28.1. The van der Waals surface area contributed by atoms with Crippen LogP contribution in [0.4, 0.5) is 0 Å². The Bertz CT molecular complexity index is 1220. The van der Waals surface area contributed by atoms with Gasteiger partial charge in [-0.05, 0) is 109 Å². The maximum absolute atomic E-state index is 12.8. The molecule has 380 valence electrons. The minimum atomic E-state index is -0.567. The molecule has 1 unspecified atom stereocenters. The molecule has 0 bridgehead atoms. The van der Waals surface area contributed by atoms with Gasteiger partial charge in [-0.3, -0.25) is 9.59 Å². The average molecular weight is 920 g/mol. The van der Waals surface area contributed by atoms with E-state index in [1.54, 1.807) is 0 Å². The van der Waals surface area contributed by atoms with Crippen molar-refractivity contribution in [2.45, 2.75) is 271 Å². The topological polar surface area (TPSA) is 61.8 Å². The highest BCUT2D eigenvalue weighted by Gasteiger charge is 2.17. The standard InChI is InChI=1S/C61H106O5/c1-4-7-10-13-16-19-22-25-27-29-30-31-33-35-38-41-44-47-50-53-56-64-57-59(66-61(63)55-52-49-46-43-40-36-24-21-18-15-12-9-6-3)58-65-60(62)54-51-48-45-42-39-37-34-32-28-26-23-20-17-14-11-8-5-2/h8,11,17,20-21,24-28,34,37,42,45,59H,4-7,9-10,12-16,18-19,22-23,29-33,35-36,38-41,43-44,46-58H2,1-3H3/b11-8-,20-17-,24-21-,27-25-,28-26-,37-34-,45-42-. The molecule has 0 aliphatic rings. The van der Waals surface area contributed by atoms with Crippen LogP contribution in [0.1, 0.15) is 265 Å². The lowest BCUT2D eigenvalue weighted by atomic mass is 10.1. The van der Waals surface area contributed by atoms with Crippen molar-refractivity contribution in [3.63, 3.8) is 0 Å². The van der Waals surface area contributed by atoms with Gasteiger partial charge in [-0.25, -0.2) is 0 Å². The van der Waals surface area contributed by atoms with E-state index >= 15 is 0 Å². The highest BCUT2D eigenvalue weighted by atomic mass is 16.6. The van der Waals surface area contributed by atoms with Gasteiger partial charge in [0.1, 0.15) is 6.61 Å². The smallest absolute Gasteiger partial charge is 0.306 e. The summed E-state index contributed by atoms with van der Waals surface area (Å²) in [6.45, 7) is 7.64. The molecule has 0 aliphatic carbocycles. The fourth-order valence-corrected chi connectivity index (χ4v) is 7.71. The van der Waals surface area contributed by atoms with Crippen molar-refractivity contribution in [3.8, 4) is 0 Å². The summed E-state index contributed by atoms with van der Waals surface area (Å²) in [5.74, 6) is -0.472. The first-order valence-corrected chi connectivity index (χ1v) is 28.1. The molecule has 0 saturated heterocycles. The van der Waals surface area contributed by atoms with E-state index in [1.165, 1.54) is 148 Å². The lowest BCUT2D eigenvalue weighted by Gasteiger charge is -2.18. The minimum Gasteiger partial charge on any atom is -0.462 e. The van der Waals surface area contributed by atoms with Crippen LogP contribution in [0.3, 0.4) is 0 Å². The number of hydrogen-bond acceptors (Lipinski definition) is 5. The Hall–Kier alpha value is -2.92. The zero-order chi connectivity index (χ0) is 47.7. The number of hydrogen-bond donors (Lipinski definition) is 0. The molecule has 0 heterocycles. The van der Waals surface area contributed by atoms with E-state index in [0.29, 0.717) is 19.4 Å². The van der Waals surface area contributed by atoms with Gasteiger partial charge < -0.3 is 14.2 Å². The van der Waals surface area contributed by atoms with Gasteiger partial charge in [0.05, 0.1) is 6.61 Å². The van der Waals surface area contributed by atoms with Crippen molar-refractivity contribution < 1.29 is 23.8 Å². The lowest BCUT2D eigenvalue weighted by molar-refractivity contribution is -0.163. The third kappa shape index (κ3) is 53.7. The Morgan fingerprint density at radius 2 is 0.697 bits per heavy atom. The fourth-order valence-electron chi connectivity index (χ4n) is 7.71. The zero-order valence-corrected chi connectivity index (χ0v) is 43.7. The van der Waals surface area contributed by atoms with Gasteiger partial charge in [-0.1, -0.05) is 228 Å². The molecule has 0 spiro atoms. The van der Waals surface area contributed by atoms with Crippen LogP contribution in [0.15, 0.2) is 85.1 Å². The Kier molecular flexibility index (Phi) is 53.9. The van der Waals surface area contributed by atoms with Crippen LogP contribution in [0.25, 0.3) is 0 Å². The molecule has 0 amide bonds. The fraction of sp³-hybridized carbons (Fsp3) is 0.738. The van der Waals surface area contributed by atoms with Crippen LogP contribution in [-0.2, 0) is 23.8 Å². The molecule has 5 nitrogen and oxygen atoms in total. The molecule has 0 rings (SSSR count). The van der Waals surface area contributed by atoms with Crippen molar-refractivity contribution in [2.75, 3.05) is 19.8 Å². The quantitative estimate of drug-likeness (QED) is 0.0346. The SMILES string of the molecule is CC/C=C\C/C=C\C/C=C\C/C=C\C/C=C\CCCC(=O)OCC(COCCCCCCCCCCCC/C=C\CCCCCCCC)OC(=O)CCCCCCC/C=C\CCCCCC. The van der Waals surface area contributed by atoms with Gasteiger partial charge in [0.2, 0.25) is 0 Å². The predicted molar refractivity (Wildman–Crippen MR) is 288 cm³/mol. The van der Waals surface area contributed by atoms with E-state index in [-0.39, 0.29) is 25.2 Å². The molecule has 0 aromatic carbocycles. The number of carbonyl (C=O) groups excluding carboxylic acids is 2. The van der Waals surface area contributed by atoms with Gasteiger partial charge in [-0.2, -0.15) is 0 Å². The molecule has 5 heteroatoms. The summed E-state index contributed by atoms with van der Waals surface area (Å²) >= 11 is 0. The number of ether oxygens (including phenoxy) is 3. The van der Waals surface area contributed by atoms with Gasteiger partial charge in [0.15, 0.2) is 6.10 Å². The van der Waals surface area contributed by atoms with Crippen molar-refractivity contribution >= 4 is 11.9 Å². The van der Waals surface area contributed by atoms with Crippen molar-refractivity contribution in [1.82, 2.24) is 0 Å². The molecule has 0 radical (unpaired) electrons. The van der Waals surface area contributed by atoms with E-state index in [1.807, 2.05) is 0 Å². The van der Waals surface area contributed by atoms with Gasteiger partial charge >= 0.3 is 11.9 Å². The first kappa shape index (κ1) is 63.1. The van der Waals surface area contributed by atoms with Gasteiger partial charge in [-0.15, -0.1) is 0 Å². The molecule has 0 aromatic heterocycles. The van der Waals surface area contributed by atoms with E-state index in [2.05, 4.69) is 106 Å². The molecule has 0 aromatic rings. The van der Waals surface area contributed by atoms with Crippen molar-refractivity contribution in [1.29, 1.82) is 0 Å². The van der Waals surface area contributed by atoms with Crippen molar-refractivity contribution in [3.05, 3.63) is 85.1 Å². The summed E-state index contributed by atoms with van der Waals surface area (Å²) in [6.07, 6.45) is 74.7. The maximum Gasteiger partial charge on any atom is 0.306 e. The van der Waals surface area contributed by atoms with Crippen LogP contribution in [-0.4, -0.2) is 37.9 Å². The van der Waals surface area contributed by atoms with Crippen molar-refractivity contribution in [2.24, 2.45) is 0 Å². The van der Waals surface area contributed by atoms with E-state index < -0.39 is 6.10 Å². The molecule has 0 N–H and O–H groups in total. The minimum absolute atomic E-state index is 0.0499. The second-order valence-corrected chi connectivity index (χ2v) is 18.4. The Morgan fingerprint density at radius 1 is 0.348 bits per heavy atom. The molecular formula is C61H106O5. The summed E-state index contributed by atoms with van der Waals surface area (Å²) in [5.41, 5.74) is 0. The Labute approximate surface area is 409 Å². The van der Waals surface area contributed by atoms with Gasteiger partial charge in [0.25, 0.3) is 0 Å². The number of allylic oxidation sites excluding steroid dienone is 14. The normalized spacial score (nSPS) is 12.8. The Morgan fingerprint density at radius 3 is 1.17 bits per heavy atom. The number of carbonyl (C=O) groups is 2. The third-order valence-electron chi connectivity index (χ3n) is 11.9. The highest BCUT2D eigenvalue weighted by Crippen LogP contribution is 2.14. The van der Waals surface area contributed by atoms with E-state index in [0.717, 1.165) is 83.5 Å².